The second-order valence-corrected chi connectivity index (χ2v) is 8.35. The average molecular weight is 419 g/mol. The van der Waals surface area contributed by atoms with Crippen molar-refractivity contribution >= 4 is 22.6 Å². The minimum absolute atomic E-state index is 0.0796. The molecule has 7 heteroatoms. The molecule has 1 aromatic heterocycles. The van der Waals surface area contributed by atoms with E-state index in [2.05, 4.69) is 9.88 Å². The van der Waals surface area contributed by atoms with Crippen molar-refractivity contribution in [1.82, 2.24) is 14.9 Å². The zero-order valence-corrected chi connectivity index (χ0v) is 17.5. The van der Waals surface area contributed by atoms with Gasteiger partial charge in [-0.15, -0.1) is 0 Å². The summed E-state index contributed by atoms with van der Waals surface area (Å²) in [7, 11) is 0. The van der Waals surface area contributed by atoms with Gasteiger partial charge in [0.15, 0.2) is 23.1 Å². The second-order valence-electron chi connectivity index (χ2n) is 8.35. The van der Waals surface area contributed by atoms with Crippen LogP contribution in [0.4, 0.5) is 0 Å². The molecular weight excluding hydrogens is 394 g/mol. The first-order valence-electron chi connectivity index (χ1n) is 10.7. The maximum absolute atomic E-state index is 12.9. The molecular formula is C24H25N3O4. The number of hydrogen-bond donors (Lipinski definition) is 1. The van der Waals surface area contributed by atoms with E-state index in [0.29, 0.717) is 29.2 Å². The van der Waals surface area contributed by atoms with Gasteiger partial charge >= 0.3 is 0 Å². The third-order valence-corrected chi connectivity index (χ3v) is 6.07. The van der Waals surface area contributed by atoms with Crippen LogP contribution in [0.5, 0.6) is 11.5 Å². The Hall–Kier alpha value is -3.19. The molecule has 7 nitrogen and oxygen atoms in total. The molecule has 0 aliphatic carbocycles. The molecule has 2 aromatic carbocycles. The number of aromatic amines is 1. The first-order valence-corrected chi connectivity index (χ1v) is 10.7. The third kappa shape index (κ3) is 4.05. The predicted octanol–water partition coefficient (Wildman–Crippen LogP) is 3.49. The normalized spacial score (nSPS) is 18.4. The second kappa shape index (κ2) is 8.15. The zero-order valence-electron chi connectivity index (χ0n) is 17.5. The quantitative estimate of drug-likeness (QED) is 0.616. The number of benzene rings is 2. The van der Waals surface area contributed by atoms with Gasteiger partial charge < -0.3 is 14.5 Å². The molecule has 3 heterocycles. The fourth-order valence-electron chi connectivity index (χ4n) is 4.56. The van der Waals surface area contributed by atoms with Gasteiger partial charge in [0.05, 0.1) is 17.6 Å². The number of carbonyl (C=O) groups is 2. The Labute approximate surface area is 180 Å². The van der Waals surface area contributed by atoms with Crippen molar-refractivity contribution in [2.45, 2.75) is 32.1 Å². The van der Waals surface area contributed by atoms with Crippen LogP contribution in [0, 0.1) is 0 Å². The number of nitrogens with zero attached hydrogens (tertiary/aromatic N) is 2. The highest BCUT2D eigenvalue weighted by Gasteiger charge is 2.26. The maximum atomic E-state index is 12.9. The summed E-state index contributed by atoms with van der Waals surface area (Å²) in [5.74, 6) is 2.44. The molecule has 2 aliphatic rings. The molecule has 160 valence electrons. The number of likely N-dealkylation sites (tertiary alicyclic amines) is 1. The number of para-hydroxylation sites is 2. The van der Waals surface area contributed by atoms with Gasteiger partial charge in [-0.25, -0.2) is 4.98 Å². The number of imidazole rings is 1. The van der Waals surface area contributed by atoms with E-state index in [4.69, 9.17) is 14.5 Å². The van der Waals surface area contributed by atoms with Gasteiger partial charge in [-0.05, 0) is 56.1 Å². The van der Waals surface area contributed by atoms with Crippen LogP contribution in [0.25, 0.3) is 11.0 Å². The minimum atomic E-state index is -0.0796. The van der Waals surface area contributed by atoms with Gasteiger partial charge in [0.25, 0.3) is 0 Å². The highest BCUT2D eigenvalue weighted by molar-refractivity contribution is 5.98. The van der Waals surface area contributed by atoms with Gasteiger partial charge in [0.1, 0.15) is 5.82 Å². The number of nitrogens with one attached hydrogen (secondary N) is 1. The largest absolute Gasteiger partial charge is 0.454 e. The van der Waals surface area contributed by atoms with Crippen LogP contribution in [0.3, 0.4) is 0 Å². The van der Waals surface area contributed by atoms with E-state index in [1.807, 2.05) is 24.3 Å². The summed E-state index contributed by atoms with van der Waals surface area (Å²) in [6.45, 7) is 3.70. The fraction of sp³-hybridized carbons (Fsp3) is 0.375. The molecule has 1 unspecified atom stereocenters. The maximum Gasteiger partial charge on any atom is 0.231 e. The van der Waals surface area contributed by atoms with Gasteiger partial charge in [-0.1, -0.05) is 12.1 Å². The van der Waals surface area contributed by atoms with E-state index in [1.54, 1.807) is 12.1 Å². The standard InChI is InChI=1S/C24H25N3O4/c1-15(28)19-11-23-22(30-14-31-23)10-17(19)9-18(29)13-27-8-4-5-16(12-27)24-25-20-6-2-3-7-21(20)26-24/h2-3,6-7,10-11,16H,4-5,8-9,12-14H2,1H3,(H,25,26). The molecule has 3 aromatic rings. The highest BCUT2D eigenvalue weighted by atomic mass is 16.7. The monoisotopic (exact) mass is 419 g/mol. The van der Waals surface area contributed by atoms with E-state index in [0.717, 1.165) is 42.8 Å². The Morgan fingerprint density at radius 1 is 1.19 bits per heavy atom. The smallest absolute Gasteiger partial charge is 0.231 e. The first kappa shape index (κ1) is 19.8. The van der Waals surface area contributed by atoms with Crippen molar-refractivity contribution < 1.29 is 19.1 Å². The predicted molar refractivity (Wildman–Crippen MR) is 116 cm³/mol. The Morgan fingerprint density at radius 2 is 2.00 bits per heavy atom. The molecule has 1 fully saturated rings. The summed E-state index contributed by atoms with van der Waals surface area (Å²) in [5.41, 5.74) is 3.25. The fourth-order valence-corrected chi connectivity index (χ4v) is 4.56. The molecule has 1 N–H and O–H groups in total. The highest BCUT2D eigenvalue weighted by Crippen LogP contribution is 2.35. The van der Waals surface area contributed by atoms with Gasteiger partial charge in [-0.3, -0.25) is 14.5 Å². The number of piperidine rings is 1. The van der Waals surface area contributed by atoms with Crippen LogP contribution in [0.1, 0.15) is 47.4 Å². The Balaban J connectivity index is 1.27. The lowest BCUT2D eigenvalue weighted by Gasteiger charge is -2.31. The minimum Gasteiger partial charge on any atom is -0.454 e. The van der Waals surface area contributed by atoms with Gasteiger partial charge in [-0.2, -0.15) is 0 Å². The van der Waals surface area contributed by atoms with E-state index >= 15 is 0 Å². The SMILES string of the molecule is CC(=O)c1cc2c(cc1CC(=O)CN1CCCC(c3nc4ccccc4[nH]3)C1)OCO2. The van der Waals surface area contributed by atoms with Crippen molar-refractivity contribution in [2.24, 2.45) is 0 Å². The molecule has 2 aliphatic heterocycles. The molecule has 1 saturated heterocycles. The summed E-state index contributed by atoms with van der Waals surface area (Å²) in [4.78, 5) is 35.4. The lowest BCUT2D eigenvalue weighted by molar-refractivity contribution is -0.119. The van der Waals surface area contributed by atoms with Crippen molar-refractivity contribution in [3.63, 3.8) is 0 Å². The summed E-state index contributed by atoms with van der Waals surface area (Å²) < 4.78 is 10.8. The van der Waals surface area contributed by atoms with Crippen molar-refractivity contribution in [1.29, 1.82) is 0 Å². The number of ether oxygens (including phenoxy) is 2. The molecule has 0 amide bonds. The molecule has 0 radical (unpaired) electrons. The number of aromatic nitrogens is 2. The number of carbonyl (C=O) groups excluding carboxylic acids is 2. The number of fused-ring (bicyclic) bond motifs is 2. The lowest BCUT2D eigenvalue weighted by atomic mass is 9.96. The number of hydrogen-bond acceptors (Lipinski definition) is 6. The van der Waals surface area contributed by atoms with E-state index in [-0.39, 0.29) is 30.7 Å². The van der Waals surface area contributed by atoms with Gasteiger partial charge in [0, 0.05) is 24.4 Å². The number of H-pyrrole nitrogens is 1. The summed E-state index contributed by atoms with van der Waals surface area (Å²) in [5, 5.41) is 0. The van der Waals surface area contributed by atoms with E-state index in [1.165, 1.54) is 6.92 Å². The Morgan fingerprint density at radius 3 is 2.81 bits per heavy atom. The Kier molecular flexibility index (Phi) is 5.19. The third-order valence-electron chi connectivity index (χ3n) is 6.07. The van der Waals surface area contributed by atoms with Crippen LogP contribution in [0.15, 0.2) is 36.4 Å². The molecule has 31 heavy (non-hydrogen) atoms. The van der Waals surface area contributed by atoms with Crippen LogP contribution in [-0.4, -0.2) is 52.9 Å². The summed E-state index contributed by atoms with van der Waals surface area (Å²) in [6.07, 6.45) is 2.29. The van der Waals surface area contributed by atoms with Crippen molar-refractivity contribution in [2.75, 3.05) is 26.4 Å². The molecule has 0 saturated carbocycles. The lowest BCUT2D eigenvalue weighted by Crippen LogP contribution is -2.38. The Bertz CT molecular complexity index is 1120. The van der Waals surface area contributed by atoms with Gasteiger partial charge in [0.2, 0.25) is 6.79 Å². The number of Topliss-reactive ketones (excluding diaryl/α,β-unsaturated/α-hetero) is 2. The topological polar surface area (TPSA) is 84.5 Å². The number of rotatable bonds is 6. The molecule has 5 rings (SSSR count). The zero-order chi connectivity index (χ0) is 21.4. The van der Waals surface area contributed by atoms with Crippen molar-refractivity contribution in [3.8, 4) is 11.5 Å². The van der Waals surface area contributed by atoms with Crippen molar-refractivity contribution in [3.05, 3.63) is 53.3 Å². The van der Waals surface area contributed by atoms with Crippen LogP contribution >= 0.6 is 0 Å². The molecule has 1 atom stereocenters. The molecule has 0 bridgehead atoms. The number of ketones is 2. The van der Waals surface area contributed by atoms with Crippen LogP contribution < -0.4 is 9.47 Å². The van der Waals surface area contributed by atoms with Crippen LogP contribution in [-0.2, 0) is 11.2 Å². The van der Waals surface area contributed by atoms with E-state index < -0.39 is 0 Å². The first-order chi connectivity index (χ1) is 15.1. The van der Waals surface area contributed by atoms with E-state index in [9.17, 15) is 9.59 Å². The average Bonchev–Trinajstić information content (AvgIpc) is 3.39. The summed E-state index contributed by atoms with van der Waals surface area (Å²) >= 11 is 0. The summed E-state index contributed by atoms with van der Waals surface area (Å²) in [6, 6.07) is 11.5. The van der Waals surface area contributed by atoms with Crippen LogP contribution in [0.2, 0.25) is 0 Å². The molecule has 0 spiro atoms.